The Morgan fingerprint density at radius 1 is 1.03 bits per heavy atom. The molecule has 0 saturated carbocycles. The summed E-state index contributed by atoms with van der Waals surface area (Å²) in [5.41, 5.74) is 3.69. The van der Waals surface area contributed by atoms with E-state index in [0.29, 0.717) is 11.4 Å². The van der Waals surface area contributed by atoms with Gasteiger partial charge in [-0.25, -0.2) is 4.79 Å². The van der Waals surface area contributed by atoms with E-state index in [4.69, 9.17) is 16.3 Å². The van der Waals surface area contributed by atoms with Gasteiger partial charge in [0.25, 0.3) is 0 Å². The number of fused-ring (bicyclic) bond motifs is 1. The minimum absolute atomic E-state index is 0.372. The summed E-state index contributed by atoms with van der Waals surface area (Å²) in [6.45, 7) is 2.02. The molecule has 0 bridgehead atoms. The Labute approximate surface area is 183 Å². The zero-order chi connectivity index (χ0) is 20.6. The van der Waals surface area contributed by atoms with Crippen molar-refractivity contribution >= 4 is 50.7 Å². The molecule has 0 fully saturated rings. The molecule has 0 spiro atoms. The summed E-state index contributed by atoms with van der Waals surface area (Å²) in [4.78, 5) is 14.2. The van der Waals surface area contributed by atoms with Crippen molar-refractivity contribution in [3.8, 4) is 0 Å². The predicted octanol–water partition coefficient (Wildman–Crippen LogP) is 7.09. The van der Waals surface area contributed by atoms with E-state index in [-0.39, 0.29) is 6.09 Å². The second-order valence-corrected chi connectivity index (χ2v) is 8.33. The Balaban J connectivity index is 1.83. The molecule has 0 aliphatic carbocycles. The maximum absolute atomic E-state index is 12.6. The van der Waals surface area contributed by atoms with Gasteiger partial charge in [0.15, 0.2) is 5.60 Å². The number of hydrogen-bond acceptors (Lipinski definition) is 3. The average Bonchev–Trinajstić information content (AvgIpc) is 2.73. The number of halogens is 2. The van der Waals surface area contributed by atoms with E-state index in [0.717, 1.165) is 32.7 Å². The van der Waals surface area contributed by atoms with E-state index in [1.54, 1.807) is 11.9 Å². The molecule has 0 radical (unpaired) electrons. The van der Waals surface area contributed by atoms with Crippen LogP contribution in [0.2, 0.25) is 5.02 Å². The highest BCUT2D eigenvalue weighted by Crippen LogP contribution is 2.46. The van der Waals surface area contributed by atoms with Crippen molar-refractivity contribution in [1.29, 1.82) is 0 Å². The van der Waals surface area contributed by atoms with Gasteiger partial charge in [-0.1, -0.05) is 46.6 Å². The van der Waals surface area contributed by atoms with Gasteiger partial charge in [0, 0.05) is 39.0 Å². The Kier molecular flexibility index (Phi) is 5.28. The third-order valence-corrected chi connectivity index (χ3v) is 6.05. The number of cyclic esters (lactones) is 1. The molecule has 1 heterocycles. The van der Waals surface area contributed by atoms with Crippen LogP contribution in [0.3, 0.4) is 0 Å². The summed E-state index contributed by atoms with van der Waals surface area (Å²) in [6, 6.07) is 21.4. The van der Waals surface area contributed by atoms with Crippen LogP contribution in [0.1, 0.15) is 24.5 Å². The van der Waals surface area contributed by atoms with Crippen LogP contribution in [0.4, 0.5) is 21.9 Å². The second kappa shape index (κ2) is 7.73. The number of carbonyl (C=O) groups excluding carboxylic acids is 1. The lowest BCUT2D eigenvalue weighted by Gasteiger charge is -2.41. The highest BCUT2D eigenvalue weighted by molar-refractivity contribution is 9.10. The molecule has 3 aromatic carbocycles. The molecule has 6 heteroatoms. The van der Waals surface area contributed by atoms with Crippen LogP contribution < -0.4 is 10.2 Å². The number of hydrogen-bond donors (Lipinski definition) is 1. The van der Waals surface area contributed by atoms with E-state index < -0.39 is 5.60 Å². The highest BCUT2D eigenvalue weighted by atomic mass is 79.9. The van der Waals surface area contributed by atoms with Crippen molar-refractivity contribution in [1.82, 2.24) is 0 Å². The van der Waals surface area contributed by atoms with Crippen LogP contribution in [0.15, 0.2) is 71.2 Å². The number of benzene rings is 3. The average molecular weight is 472 g/mol. The zero-order valence-corrected chi connectivity index (χ0v) is 18.4. The van der Waals surface area contributed by atoms with Crippen molar-refractivity contribution in [2.75, 3.05) is 17.3 Å². The lowest BCUT2D eigenvalue weighted by molar-refractivity contribution is 0.0353. The fourth-order valence-corrected chi connectivity index (χ4v) is 4.09. The maximum atomic E-state index is 12.6. The molecule has 3 aromatic rings. The van der Waals surface area contributed by atoms with Crippen LogP contribution in [0.5, 0.6) is 0 Å². The molecule has 29 heavy (non-hydrogen) atoms. The summed E-state index contributed by atoms with van der Waals surface area (Å²) < 4.78 is 7.04. The van der Waals surface area contributed by atoms with E-state index in [2.05, 4.69) is 27.3 Å². The molecule has 1 aliphatic rings. The van der Waals surface area contributed by atoms with Gasteiger partial charge in [-0.3, -0.25) is 4.90 Å². The van der Waals surface area contributed by atoms with Gasteiger partial charge in [-0.2, -0.15) is 0 Å². The molecule has 148 valence electrons. The minimum Gasteiger partial charge on any atom is -0.433 e. The Morgan fingerprint density at radius 2 is 1.69 bits per heavy atom. The quantitative estimate of drug-likeness (QED) is 0.442. The van der Waals surface area contributed by atoms with Crippen molar-refractivity contribution in [3.05, 3.63) is 87.4 Å². The van der Waals surface area contributed by atoms with E-state index in [1.165, 1.54) is 0 Å². The van der Waals surface area contributed by atoms with Crippen LogP contribution in [0, 0.1) is 0 Å². The lowest BCUT2D eigenvalue weighted by Crippen LogP contribution is -2.44. The van der Waals surface area contributed by atoms with Gasteiger partial charge in [-0.15, -0.1) is 0 Å². The molecular weight excluding hydrogens is 452 g/mol. The number of ether oxygens (including phenoxy) is 1. The molecule has 1 N–H and O–H groups in total. The number of nitrogens with one attached hydrogen (secondary N) is 1. The standard InChI is InChI=1S/C23H20BrClN2O2/c1-3-23(15-4-8-17(25)9-5-15)20-14-19(26-18-10-6-16(24)7-11-18)12-13-21(20)27(2)22(28)29-23/h4-14,26H,3H2,1-2H3. The lowest BCUT2D eigenvalue weighted by atomic mass is 9.81. The van der Waals surface area contributed by atoms with E-state index in [9.17, 15) is 4.79 Å². The predicted molar refractivity (Wildman–Crippen MR) is 121 cm³/mol. The first-order chi connectivity index (χ1) is 13.9. The van der Waals surface area contributed by atoms with Gasteiger partial charge >= 0.3 is 6.09 Å². The minimum atomic E-state index is -0.874. The van der Waals surface area contributed by atoms with E-state index in [1.807, 2.05) is 67.6 Å². The Hall–Kier alpha value is -2.50. The topological polar surface area (TPSA) is 41.6 Å². The molecule has 1 amide bonds. The summed E-state index contributed by atoms with van der Waals surface area (Å²) in [6.07, 6.45) is 0.228. The van der Waals surface area contributed by atoms with Crippen LogP contribution in [-0.4, -0.2) is 13.1 Å². The molecule has 1 atom stereocenters. The van der Waals surface area contributed by atoms with Crippen molar-refractivity contribution in [3.63, 3.8) is 0 Å². The highest BCUT2D eigenvalue weighted by Gasteiger charge is 2.44. The number of nitrogens with zero attached hydrogens (tertiary/aromatic N) is 1. The normalized spacial score (nSPS) is 18.2. The number of carbonyl (C=O) groups is 1. The number of rotatable bonds is 4. The van der Waals surface area contributed by atoms with Crippen LogP contribution in [0.25, 0.3) is 0 Å². The van der Waals surface area contributed by atoms with Gasteiger partial charge in [0.05, 0.1) is 5.69 Å². The number of anilines is 3. The van der Waals surface area contributed by atoms with Gasteiger partial charge in [-0.05, 0) is 61.0 Å². The molecule has 0 aromatic heterocycles. The third-order valence-electron chi connectivity index (χ3n) is 5.27. The van der Waals surface area contributed by atoms with Gasteiger partial charge in [0.1, 0.15) is 0 Å². The molecule has 4 nitrogen and oxygen atoms in total. The summed E-state index contributed by atoms with van der Waals surface area (Å²) in [5.74, 6) is 0. The Bertz CT molecular complexity index is 1050. The smallest absolute Gasteiger partial charge is 0.415 e. The number of amides is 1. The fourth-order valence-electron chi connectivity index (χ4n) is 3.70. The third kappa shape index (κ3) is 3.61. The summed E-state index contributed by atoms with van der Waals surface area (Å²) in [7, 11) is 1.73. The Morgan fingerprint density at radius 3 is 2.34 bits per heavy atom. The SMILES string of the molecule is CCC1(c2ccc(Cl)cc2)OC(=O)N(C)c2ccc(Nc3ccc(Br)cc3)cc21. The van der Waals surface area contributed by atoms with Crippen molar-refractivity contribution < 1.29 is 9.53 Å². The molecule has 4 rings (SSSR count). The zero-order valence-electron chi connectivity index (χ0n) is 16.1. The maximum Gasteiger partial charge on any atom is 0.415 e. The van der Waals surface area contributed by atoms with Crippen LogP contribution >= 0.6 is 27.5 Å². The summed E-state index contributed by atoms with van der Waals surface area (Å²) >= 11 is 9.54. The first-order valence-electron chi connectivity index (χ1n) is 9.33. The molecule has 1 unspecified atom stereocenters. The molecular formula is C23H20BrClN2O2. The van der Waals surface area contributed by atoms with Crippen molar-refractivity contribution in [2.24, 2.45) is 0 Å². The monoisotopic (exact) mass is 470 g/mol. The first kappa shape index (κ1) is 19.8. The summed E-state index contributed by atoms with van der Waals surface area (Å²) in [5, 5.41) is 4.07. The van der Waals surface area contributed by atoms with Crippen LogP contribution in [-0.2, 0) is 10.3 Å². The van der Waals surface area contributed by atoms with Gasteiger partial charge in [0.2, 0.25) is 0 Å². The van der Waals surface area contributed by atoms with Gasteiger partial charge < -0.3 is 10.1 Å². The molecule has 0 saturated heterocycles. The fraction of sp³-hybridized carbons (Fsp3) is 0.174. The van der Waals surface area contributed by atoms with Crippen molar-refractivity contribution in [2.45, 2.75) is 18.9 Å². The molecule has 1 aliphatic heterocycles. The first-order valence-corrected chi connectivity index (χ1v) is 10.5. The second-order valence-electron chi connectivity index (χ2n) is 6.98. The largest absolute Gasteiger partial charge is 0.433 e. The van der Waals surface area contributed by atoms with E-state index >= 15 is 0 Å².